The summed E-state index contributed by atoms with van der Waals surface area (Å²) in [5, 5.41) is 2.16. The second-order valence-electron chi connectivity index (χ2n) is 5.35. The van der Waals surface area contributed by atoms with Crippen molar-refractivity contribution >= 4 is 11.3 Å². The van der Waals surface area contributed by atoms with Gasteiger partial charge >= 0.3 is 0 Å². The normalized spacial score (nSPS) is 20.4. The van der Waals surface area contributed by atoms with Crippen LogP contribution in [0.3, 0.4) is 0 Å². The first-order valence-corrected chi connectivity index (χ1v) is 7.76. The van der Waals surface area contributed by atoms with Crippen LogP contribution >= 0.6 is 11.3 Å². The van der Waals surface area contributed by atoms with Gasteiger partial charge in [-0.1, -0.05) is 6.07 Å². The molecule has 1 unspecified atom stereocenters. The van der Waals surface area contributed by atoms with E-state index in [9.17, 15) is 0 Å². The molecule has 1 aliphatic heterocycles. The highest BCUT2D eigenvalue weighted by molar-refractivity contribution is 7.10. The van der Waals surface area contributed by atoms with E-state index in [4.69, 9.17) is 5.73 Å². The van der Waals surface area contributed by atoms with E-state index in [-0.39, 0.29) is 0 Å². The SMILES string of the molecule is CC(c1cccs1)N(C)CCN1CCC(N)CC1. The summed E-state index contributed by atoms with van der Waals surface area (Å²) in [7, 11) is 2.22. The van der Waals surface area contributed by atoms with Crippen LogP contribution in [0.5, 0.6) is 0 Å². The number of piperidine rings is 1. The minimum Gasteiger partial charge on any atom is -0.328 e. The second-order valence-corrected chi connectivity index (χ2v) is 6.33. The van der Waals surface area contributed by atoms with Crippen LogP contribution < -0.4 is 5.73 Å². The van der Waals surface area contributed by atoms with Crippen LogP contribution in [0, 0.1) is 0 Å². The van der Waals surface area contributed by atoms with Gasteiger partial charge in [0.25, 0.3) is 0 Å². The number of thiophene rings is 1. The highest BCUT2D eigenvalue weighted by atomic mass is 32.1. The molecule has 0 aromatic carbocycles. The van der Waals surface area contributed by atoms with Crippen molar-refractivity contribution in [1.82, 2.24) is 9.80 Å². The van der Waals surface area contributed by atoms with E-state index < -0.39 is 0 Å². The Morgan fingerprint density at radius 1 is 1.50 bits per heavy atom. The summed E-state index contributed by atoms with van der Waals surface area (Å²) in [6.45, 7) is 6.93. The Morgan fingerprint density at radius 2 is 2.22 bits per heavy atom. The van der Waals surface area contributed by atoms with Gasteiger partial charge in [-0.25, -0.2) is 0 Å². The molecule has 18 heavy (non-hydrogen) atoms. The van der Waals surface area contributed by atoms with Gasteiger partial charge in [-0.2, -0.15) is 0 Å². The summed E-state index contributed by atoms with van der Waals surface area (Å²) in [5.41, 5.74) is 5.93. The Hall–Kier alpha value is -0.420. The first-order chi connectivity index (χ1) is 8.66. The highest BCUT2D eigenvalue weighted by Gasteiger charge is 2.17. The van der Waals surface area contributed by atoms with Crippen LogP contribution in [0.1, 0.15) is 30.7 Å². The smallest absolute Gasteiger partial charge is 0.0410 e. The standard InChI is InChI=1S/C14H25N3S/c1-12(14-4-3-11-18-14)16(2)9-10-17-7-5-13(15)6-8-17/h3-4,11-13H,5-10,15H2,1-2H3. The molecule has 4 heteroatoms. The third kappa shape index (κ3) is 3.79. The molecule has 0 saturated carbocycles. The molecule has 3 nitrogen and oxygen atoms in total. The van der Waals surface area contributed by atoms with Crippen molar-refractivity contribution in [3.8, 4) is 0 Å². The molecule has 1 atom stereocenters. The monoisotopic (exact) mass is 267 g/mol. The topological polar surface area (TPSA) is 32.5 Å². The third-order valence-electron chi connectivity index (χ3n) is 4.02. The first-order valence-electron chi connectivity index (χ1n) is 6.88. The van der Waals surface area contributed by atoms with E-state index in [2.05, 4.69) is 41.3 Å². The zero-order chi connectivity index (χ0) is 13.0. The second kappa shape index (κ2) is 6.66. The number of hydrogen-bond acceptors (Lipinski definition) is 4. The maximum Gasteiger partial charge on any atom is 0.0410 e. The lowest BCUT2D eigenvalue weighted by atomic mass is 10.1. The Bertz CT molecular complexity index is 331. The molecule has 1 saturated heterocycles. The number of likely N-dealkylation sites (N-methyl/N-ethyl adjacent to an activating group) is 1. The molecule has 0 spiro atoms. The van der Waals surface area contributed by atoms with Crippen LogP contribution in [0.2, 0.25) is 0 Å². The molecule has 0 amide bonds. The van der Waals surface area contributed by atoms with Gasteiger partial charge in [0.15, 0.2) is 0 Å². The van der Waals surface area contributed by atoms with Gasteiger partial charge in [-0.3, -0.25) is 4.90 Å². The van der Waals surface area contributed by atoms with E-state index in [1.165, 1.54) is 24.5 Å². The van der Waals surface area contributed by atoms with E-state index >= 15 is 0 Å². The van der Waals surface area contributed by atoms with Gasteiger partial charge in [0.2, 0.25) is 0 Å². The Morgan fingerprint density at radius 3 is 2.83 bits per heavy atom. The summed E-state index contributed by atoms with van der Waals surface area (Å²) < 4.78 is 0. The zero-order valence-corrected chi connectivity index (χ0v) is 12.3. The fraction of sp³-hybridized carbons (Fsp3) is 0.714. The molecule has 1 aromatic heterocycles. The van der Waals surface area contributed by atoms with Crippen molar-refractivity contribution in [3.63, 3.8) is 0 Å². The van der Waals surface area contributed by atoms with Crippen molar-refractivity contribution in [2.24, 2.45) is 5.73 Å². The molecule has 0 radical (unpaired) electrons. The van der Waals surface area contributed by atoms with Gasteiger partial charge in [0, 0.05) is 30.1 Å². The minimum absolute atomic E-state index is 0.434. The molecular formula is C14H25N3S. The lowest BCUT2D eigenvalue weighted by Gasteiger charge is -2.32. The molecule has 0 aliphatic carbocycles. The minimum atomic E-state index is 0.434. The molecule has 1 aromatic rings. The van der Waals surface area contributed by atoms with E-state index in [1.54, 1.807) is 0 Å². The molecule has 2 N–H and O–H groups in total. The number of hydrogen-bond donors (Lipinski definition) is 1. The van der Waals surface area contributed by atoms with Crippen LogP contribution in [0.15, 0.2) is 17.5 Å². The number of nitrogens with zero attached hydrogens (tertiary/aromatic N) is 2. The molecule has 0 bridgehead atoms. The van der Waals surface area contributed by atoms with Crippen molar-refractivity contribution < 1.29 is 0 Å². The Labute approximate surface area is 115 Å². The zero-order valence-electron chi connectivity index (χ0n) is 11.5. The van der Waals surface area contributed by atoms with Crippen LogP contribution in [0.4, 0.5) is 0 Å². The van der Waals surface area contributed by atoms with Gasteiger partial charge in [0.1, 0.15) is 0 Å². The summed E-state index contributed by atoms with van der Waals surface area (Å²) in [6, 6.07) is 5.32. The number of rotatable bonds is 5. The summed E-state index contributed by atoms with van der Waals surface area (Å²) in [5.74, 6) is 0. The molecule has 2 heterocycles. The predicted molar refractivity (Wildman–Crippen MR) is 79.0 cm³/mol. The quantitative estimate of drug-likeness (QED) is 0.887. The Balaban J connectivity index is 1.73. The van der Waals surface area contributed by atoms with Crippen molar-refractivity contribution in [2.75, 3.05) is 33.2 Å². The number of likely N-dealkylation sites (tertiary alicyclic amines) is 1. The van der Waals surface area contributed by atoms with Gasteiger partial charge in [-0.15, -0.1) is 11.3 Å². The fourth-order valence-corrected chi connectivity index (χ4v) is 3.26. The maximum atomic E-state index is 5.93. The highest BCUT2D eigenvalue weighted by Crippen LogP contribution is 2.23. The number of nitrogens with two attached hydrogens (primary N) is 1. The molecule has 1 fully saturated rings. The van der Waals surface area contributed by atoms with Crippen LogP contribution in [-0.2, 0) is 0 Å². The average molecular weight is 267 g/mol. The first kappa shape index (κ1) is 14.0. The van der Waals surface area contributed by atoms with Crippen LogP contribution in [0.25, 0.3) is 0 Å². The summed E-state index contributed by atoms with van der Waals surface area (Å²) in [4.78, 5) is 6.44. The van der Waals surface area contributed by atoms with E-state index in [0.29, 0.717) is 12.1 Å². The van der Waals surface area contributed by atoms with Crippen molar-refractivity contribution in [2.45, 2.75) is 31.8 Å². The van der Waals surface area contributed by atoms with Crippen LogP contribution in [-0.4, -0.2) is 49.1 Å². The average Bonchev–Trinajstić information content (AvgIpc) is 2.90. The van der Waals surface area contributed by atoms with Gasteiger partial charge in [0.05, 0.1) is 0 Å². The van der Waals surface area contributed by atoms with Crippen molar-refractivity contribution in [1.29, 1.82) is 0 Å². The van der Waals surface area contributed by atoms with E-state index in [0.717, 1.165) is 19.4 Å². The third-order valence-corrected chi connectivity index (χ3v) is 5.06. The van der Waals surface area contributed by atoms with E-state index in [1.807, 2.05) is 11.3 Å². The maximum absolute atomic E-state index is 5.93. The Kier molecular flexibility index (Phi) is 5.18. The molecular weight excluding hydrogens is 242 g/mol. The molecule has 2 rings (SSSR count). The van der Waals surface area contributed by atoms with Gasteiger partial charge in [-0.05, 0) is 51.3 Å². The summed E-state index contributed by atoms with van der Waals surface area (Å²) >= 11 is 1.85. The lowest BCUT2D eigenvalue weighted by molar-refractivity contribution is 0.170. The summed E-state index contributed by atoms with van der Waals surface area (Å²) in [6.07, 6.45) is 2.31. The van der Waals surface area contributed by atoms with Gasteiger partial charge < -0.3 is 10.6 Å². The van der Waals surface area contributed by atoms with Crippen molar-refractivity contribution in [3.05, 3.63) is 22.4 Å². The molecule has 102 valence electrons. The lowest BCUT2D eigenvalue weighted by Crippen LogP contribution is -2.42. The fourth-order valence-electron chi connectivity index (χ4n) is 2.42. The predicted octanol–water partition coefficient (Wildman–Crippen LogP) is 2.16. The molecule has 1 aliphatic rings. The largest absolute Gasteiger partial charge is 0.328 e.